The lowest BCUT2D eigenvalue weighted by Gasteiger charge is -2.39. The first-order valence-electron chi connectivity index (χ1n) is 12.0. The molecule has 0 aliphatic carbocycles. The number of para-hydroxylation sites is 1. The Morgan fingerprint density at radius 3 is 2.37 bits per heavy atom. The highest BCUT2D eigenvalue weighted by Crippen LogP contribution is 2.35. The first-order valence-corrected chi connectivity index (χ1v) is 13.4. The molecule has 35 heavy (non-hydrogen) atoms. The van der Waals surface area contributed by atoms with Gasteiger partial charge in [0.25, 0.3) is 5.91 Å². The van der Waals surface area contributed by atoms with Crippen LogP contribution in [0.1, 0.15) is 18.4 Å². The zero-order chi connectivity index (χ0) is 24.6. The van der Waals surface area contributed by atoms with Crippen molar-refractivity contribution in [2.24, 2.45) is 5.92 Å². The molecule has 0 aromatic heterocycles. The zero-order valence-electron chi connectivity index (χ0n) is 19.8. The van der Waals surface area contributed by atoms with Crippen LogP contribution < -0.4 is 15.0 Å². The summed E-state index contributed by atoms with van der Waals surface area (Å²) in [6, 6.07) is 13.3. The number of nitrogens with one attached hydrogen (secondary N) is 1. The minimum absolute atomic E-state index is 0.129. The average Bonchev–Trinajstić information content (AvgIpc) is 2.88. The Labute approximate surface area is 205 Å². The van der Waals surface area contributed by atoms with Crippen LogP contribution in [0.5, 0.6) is 5.75 Å². The Bertz CT molecular complexity index is 1220. The highest BCUT2D eigenvalue weighted by atomic mass is 32.2. The van der Waals surface area contributed by atoms with Crippen LogP contribution in [0, 0.1) is 12.8 Å². The number of carbonyl (C=O) groups excluding carboxylic acids is 2. The maximum Gasteiger partial charge on any atom is 0.262 e. The minimum Gasteiger partial charge on any atom is -0.482 e. The van der Waals surface area contributed by atoms with E-state index < -0.39 is 10.0 Å². The molecule has 0 saturated carbocycles. The third kappa shape index (κ3) is 4.72. The third-order valence-corrected chi connectivity index (χ3v) is 9.08. The predicted molar refractivity (Wildman–Crippen MR) is 132 cm³/mol. The van der Waals surface area contributed by atoms with Gasteiger partial charge in [0.15, 0.2) is 6.61 Å². The van der Waals surface area contributed by atoms with E-state index in [0.29, 0.717) is 56.0 Å². The van der Waals surface area contributed by atoms with E-state index in [4.69, 9.17) is 4.74 Å². The van der Waals surface area contributed by atoms with Crippen molar-refractivity contribution < 1.29 is 22.7 Å². The quantitative estimate of drug-likeness (QED) is 0.693. The fourth-order valence-electron chi connectivity index (χ4n) is 5.06. The van der Waals surface area contributed by atoms with Crippen LogP contribution in [0.4, 0.5) is 11.4 Å². The Hall–Kier alpha value is -3.11. The summed E-state index contributed by atoms with van der Waals surface area (Å²) in [6.07, 6.45) is 1.01. The van der Waals surface area contributed by atoms with Crippen molar-refractivity contribution in [3.8, 4) is 5.75 Å². The van der Waals surface area contributed by atoms with Crippen molar-refractivity contribution in [2.45, 2.75) is 24.7 Å². The number of fused-ring (bicyclic) bond motifs is 1. The van der Waals surface area contributed by atoms with Gasteiger partial charge in [-0.05, 0) is 43.5 Å². The summed E-state index contributed by atoms with van der Waals surface area (Å²) in [7, 11) is -3.74. The van der Waals surface area contributed by atoms with E-state index in [-0.39, 0.29) is 29.2 Å². The molecule has 1 N–H and O–H groups in total. The summed E-state index contributed by atoms with van der Waals surface area (Å²) in [4.78, 5) is 29.1. The molecule has 0 radical (unpaired) electrons. The van der Waals surface area contributed by atoms with E-state index in [1.807, 2.05) is 23.1 Å². The number of benzene rings is 2. The van der Waals surface area contributed by atoms with Crippen LogP contribution in [0.25, 0.3) is 0 Å². The molecule has 0 bridgehead atoms. The second-order valence-corrected chi connectivity index (χ2v) is 11.2. The first-order chi connectivity index (χ1) is 16.8. The van der Waals surface area contributed by atoms with Crippen molar-refractivity contribution in [3.05, 3.63) is 48.0 Å². The number of amides is 2. The average molecular weight is 499 g/mol. The molecule has 5 rings (SSSR count). The lowest BCUT2D eigenvalue weighted by molar-refractivity contribution is -0.137. The van der Waals surface area contributed by atoms with Crippen molar-refractivity contribution in [3.63, 3.8) is 0 Å². The maximum absolute atomic E-state index is 13.4. The fourth-order valence-corrected chi connectivity index (χ4v) is 6.75. The summed E-state index contributed by atoms with van der Waals surface area (Å²) in [6.45, 7) is 5.12. The Balaban J connectivity index is 1.20. The van der Waals surface area contributed by atoms with E-state index in [1.54, 1.807) is 13.0 Å². The third-order valence-electron chi connectivity index (χ3n) is 7.04. The minimum atomic E-state index is -3.74. The van der Waals surface area contributed by atoms with Crippen molar-refractivity contribution in [1.82, 2.24) is 9.21 Å². The molecule has 3 aliphatic heterocycles. The molecule has 0 unspecified atom stereocenters. The van der Waals surface area contributed by atoms with Gasteiger partial charge in [0.05, 0.1) is 10.6 Å². The van der Waals surface area contributed by atoms with Gasteiger partial charge in [0, 0.05) is 56.9 Å². The summed E-state index contributed by atoms with van der Waals surface area (Å²) >= 11 is 0. The lowest BCUT2D eigenvalue weighted by atomic mass is 9.96. The molecule has 0 spiro atoms. The van der Waals surface area contributed by atoms with Crippen molar-refractivity contribution in [2.75, 3.05) is 56.1 Å². The van der Waals surface area contributed by atoms with Gasteiger partial charge in [-0.15, -0.1) is 0 Å². The largest absolute Gasteiger partial charge is 0.482 e. The topological polar surface area (TPSA) is 99.3 Å². The molecule has 186 valence electrons. The molecule has 2 fully saturated rings. The zero-order valence-corrected chi connectivity index (χ0v) is 20.6. The van der Waals surface area contributed by atoms with Crippen LogP contribution in [-0.2, 0) is 19.6 Å². The van der Waals surface area contributed by atoms with Gasteiger partial charge in [-0.2, -0.15) is 4.31 Å². The number of sulfonamides is 1. The SMILES string of the molecule is Cc1cc2c(cc1S(=O)(=O)N1CCC(C(=O)N3CCN(c4ccccc4)CC3)CC1)OCC(=O)N2. The first kappa shape index (κ1) is 23.6. The van der Waals surface area contributed by atoms with Gasteiger partial charge in [0.2, 0.25) is 15.9 Å². The second kappa shape index (κ2) is 9.50. The smallest absolute Gasteiger partial charge is 0.262 e. The summed E-state index contributed by atoms with van der Waals surface area (Å²) in [5, 5.41) is 2.70. The maximum atomic E-state index is 13.4. The second-order valence-electron chi connectivity index (χ2n) is 9.28. The monoisotopic (exact) mass is 498 g/mol. The number of nitrogens with zero attached hydrogens (tertiary/aromatic N) is 3. The molecule has 9 nitrogen and oxygen atoms in total. The van der Waals surface area contributed by atoms with Gasteiger partial charge in [-0.25, -0.2) is 8.42 Å². The number of rotatable bonds is 4. The van der Waals surface area contributed by atoms with Crippen LogP contribution in [0.15, 0.2) is 47.4 Å². The number of carbonyl (C=O) groups is 2. The van der Waals surface area contributed by atoms with Crippen LogP contribution in [0.2, 0.25) is 0 Å². The molecule has 3 heterocycles. The number of piperidine rings is 1. The highest BCUT2D eigenvalue weighted by molar-refractivity contribution is 7.89. The van der Waals surface area contributed by atoms with Crippen molar-refractivity contribution >= 4 is 33.2 Å². The number of ether oxygens (including phenoxy) is 1. The molecule has 2 saturated heterocycles. The molecule has 2 aromatic carbocycles. The van der Waals surface area contributed by atoms with Crippen LogP contribution in [-0.4, -0.2) is 75.3 Å². The van der Waals surface area contributed by atoms with E-state index >= 15 is 0 Å². The van der Waals surface area contributed by atoms with Gasteiger partial charge >= 0.3 is 0 Å². The van der Waals surface area contributed by atoms with Crippen LogP contribution in [0.3, 0.4) is 0 Å². The standard InChI is InChI=1S/C25H30N4O5S/c1-18-15-21-22(34-17-24(30)26-21)16-23(18)35(32,33)29-9-7-19(8-10-29)25(31)28-13-11-27(12-14-28)20-5-3-2-4-6-20/h2-6,15-16,19H,7-14,17H2,1H3,(H,26,30). The number of hydrogen-bond acceptors (Lipinski definition) is 6. The van der Waals surface area contributed by atoms with Gasteiger partial charge in [0.1, 0.15) is 5.75 Å². The molecule has 2 aromatic rings. The summed E-state index contributed by atoms with van der Waals surface area (Å²) in [5.41, 5.74) is 2.20. The molecular weight excluding hydrogens is 468 g/mol. The molecule has 2 amide bonds. The Morgan fingerprint density at radius 1 is 1.00 bits per heavy atom. The summed E-state index contributed by atoms with van der Waals surface area (Å²) in [5.74, 6) is 0.0611. The number of anilines is 2. The van der Waals surface area contributed by atoms with E-state index in [9.17, 15) is 18.0 Å². The van der Waals surface area contributed by atoms with Crippen molar-refractivity contribution in [1.29, 1.82) is 0 Å². The summed E-state index contributed by atoms with van der Waals surface area (Å²) < 4.78 is 33.7. The normalized spacial score (nSPS) is 19.6. The number of piperazine rings is 1. The molecule has 10 heteroatoms. The van der Waals surface area contributed by atoms with Crippen LogP contribution >= 0.6 is 0 Å². The van der Waals surface area contributed by atoms with E-state index in [1.165, 1.54) is 16.1 Å². The molecular formula is C25H30N4O5S. The number of hydrogen-bond donors (Lipinski definition) is 1. The molecule has 3 aliphatic rings. The van der Waals surface area contributed by atoms with E-state index in [2.05, 4.69) is 22.3 Å². The van der Waals surface area contributed by atoms with Gasteiger partial charge in [-0.3, -0.25) is 9.59 Å². The molecule has 0 atom stereocenters. The van der Waals surface area contributed by atoms with E-state index in [0.717, 1.165) is 13.1 Å². The highest BCUT2D eigenvalue weighted by Gasteiger charge is 2.36. The lowest BCUT2D eigenvalue weighted by Crippen LogP contribution is -2.52. The predicted octanol–water partition coefficient (Wildman–Crippen LogP) is 2.08. The Kier molecular flexibility index (Phi) is 6.41. The Morgan fingerprint density at radius 2 is 1.69 bits per heavy atom. The van der Waals surface area contributed by atoms with Gasteiger partial charge < -0.3 is 19.9 Å². The van der Waals surface area contributed by atoms with Gasteiger partial charge in [-0.1, -0.05) is 18.2 Å². The number of aryl methyl sites for hydroxylation is 1. The fraction of sp³-hybridized carbons (Fsp3) is 0.440.